The van der Waals surface area contributed by atoms with Gasteiger partial charge >= 0.3 is 0 Å². The van der Waals surface area contributed by atoms with E-state index in [1.54, 1.807) is 24.5 Å². The molecule has 1 unspecified atom stereocenters. The van der Waals surface area contributed by atoms with Crippen molar-refractivity contribution in [2.45, 2.75) is 32.9 Å². The predicted octanol–water partition coefficient (Wildman–Crippen LogP) is 4.10. The van der Waals surface area contributed by atoms with Crippen LogP contribution in [0.5, 0.6) is 0 Å². The minimum absolute atomic E-state index is 0.244. The molecular weight excluding hydrogens is 354 g/mol. The molecule has 6 nitrogen and oxygen atoms in total. The van der Waals surface area contributed by atoms with Gasteiger partial charge in [-0.2, -0.15) is 0 Å². The summed E-state index contributed by atoms with van der Waals surface area (Å²) < 4.78 is 10.5. The number of hydrogen-bond donors (Lipinski definition) is 1. The molecule has 2 aromatic heterocycles. The maximum Gasteiger partial charge on any atom is 0.273 e. The number of piperidine rings is 1. The number of furan rings is 1. The molecule has 28 heavy (non-hydrogen) atoms. The Morgan fingerprint density at radius 3 is 2.86 bits per heavy atom. The Hall–Kier alpha value is -2.86. The van der Waals surface area contributed by atoms with Crippen LogP contribution in [0.2, 0.25) is 0 Å². The fraction of sp³-hybridized carbons (Fsp3) is 0.364. The Balaban J connectivity index is 1.39. The molecule has 0 spiro atoms. The molecule has 0 saturated carbocycles. The number of nitrogens with zero attached hydrogens (tertiary/aromatic N) is 2. The first-order valence-corrected chi connectivity index (χ1v) is 9.77. The van der Waals surface area contributed by atoms with Crippen LogP contribution in [0.1, 0.15) is 41.4 Å². The van der Waals surface area contributed by atoms with Crippen LogP contribution < -0.4 is 5.32 Å². The van der Waals surface area contributed by atoms with E-state index < -0.39 is 0 Å². The van der Waals surface area contributed by atoms with Crippen molar-refractivity contribution in [3.05, 3.63) is 65.5 Å². The van der Waals surface area contributed by atoms with E-state index in [1.165, 1.54) is 18.4 Å². The number of amides is 1. The van der Waals surface area contributed by atoms with Crippen LogP contribution in [0.15, 0.2) is 57.7 Å². The zero-order valence-electron chi connectivity index (χ0n) is 16.1. The molecule has 0 radical (unpaired) electrons. The average Bonchev–Trinajstić information content (AvgIpc) is 3.39. The van der Waals surface area contributed by atoms with Crippen molar-refractivity contribution >= 4 is 5.91 Å². The number of benzene rings is 1. The van der Waals surface area contributed by atoms with Crippen LogP contribution in [-0.2, 0) is 13.1 Å². The van der Waals surface area contributed by atoms with Gasteiger partial charge < -0.3 is 14.3 Å². The molecule has 6 heteroatoms. The Kier molecular flexibility index (Phi) is 5.58. The topological polar surface area (TPSA) is 71.5 Å². The van der Waals surface area contributed by atoms with Crippen molar-refractivity contribution in [3.8, 4) is 11.5 Å². The predicted molar refractivity (Wildman–Crippen MR) is 105 cm³/mol. The highest BCUT2D eigenvalue weighted by atomic mass is 16.5. The van der Waals surface area contributed by atoms with Crippen LogP contribution in [0.4, 0.5) is 0 Å². The number of rotatable bonds is 6. The molecule has 3 heterocycles. The number of likely N-dealkylation sites (tertiary alicyclic amines) is 1. The molecule has 0 aliphatic carbocycles. The third-order valence-electron chi connectivity index (χ3n) is 5.20. The smallest absolute Gasteiger partial charge is 0.273 e. The van der Waals surface area contributed by atoms with Crippen LogP contribution in [0.3, 0.4) is 0 Å². The van der Waals surface area contributed by atoms with Crippen molar-refractivity contribution in [3.63, 3.8) is 0 Å². The van der Waals surface area contributed by atoms with Gasteiger partial charge in [0.15, 0.2) is 11.5 Å². The summed E-state index contributed by atoms with van der Waals surface area (Å²) >= 11 is 0. The summed E-state index contributed by atoms with van der Waals surface area (Å²) in [5, 5.41) is 6.80. The van der Waals surface area contributed by atoms with Crippen LogP contribution in [0, 0.1) is 5.92 Å². The molecule has 1 aromatic carbocycles. The molecule has 1 N–H and O–H groups in total. The summed E-state index contributed by atoms with van der Waals surface area (Å²) in [5.41, 5.74) is 2.63. The lowest BCUT2D eigenvalue weighted by molar-refractivity contribution is 0.0941. The SMILES string of the molecule is CC1CCCN(Cc2ccccc2CNC(=O)c2cc(-c3ccco3)on2)C1. The summed E-state index contributed by atoms with van der Waals surface area (Å²) in [6, 6.07) is 13.4. The van der Waals surface area contributed by atoms with Gasteiger partial charge in [0, 0.05) is 25.7 Å². The Labute approximate surface area is 164 Å². The minimum atomic E-state index is -0.261. The van der Waals surface area contributed by atoms with Gasteiger partial charge in [-0.3, -0.25) is 9.69 Å². The number of nitrogens with one attached hydrogen (secondary N) is 1. The molecular formula is C22H25N3O3. The van der Waals surface area contributed by atoms with E-state index in [0.717, 1.165) is 31.1 Å². The first-order chi connectivity index (χ1) is 13.7. The first-order valence-electron chi connectivity index (χ1n) is 9.77. The van der Waals surface area contributed by atoms with Gasteiger partial charge in [0.2, 0.25) is 5.76 Å². The van der Waals surface area contributed by atoms with E-state index in [0.29, 0.717) is 18.1 Å². The molecule has 1 atom stereocenters. The molecule has 3 aromatic rings. The normalized spacial score (nSPS) is 17.5. The summed E-state index contributed by atoms with van der Waals surface area (Å²) in [6.07, 6.45) is 4.12. The minimum Gasteiger partial charge on any atom is -0.461 e. The van der Waals surface area contributed by atoms with Crippen molar-refractivity contribution in [2.75, 3.05) is 13.1 Å². The van der Waals surface area contributed by atoms with E-state index >= 15 is 0 Å². The van der Waals surface area contributed by atoms with Crippen molar-refractivity contribution < 1.29 is 13.7 Å². The maximum atomic E-state index is 12.5. The molecule has 1 fully saturated rings. The Bertz CT molecular complexity index is 917. The highest BCUT2D eigenvalue weighted by Gasteiger charge is 2.18. The van der Waals surface area contributed by atoms with E-state index in [9.17, 15) is 4.79 Å². The third-order valence-corrected chi connectivity index (χ3v) is 5.20. The van der Waals surface area contributed by atoms with Gasteiger partial charge in [-0.25, -0.2) is 0 Å². The number of hydrogen-bond acceptors (Lipinski definition) is 5. The molecule has 1 saturated heterocycles. The highest BCUT2D eigenvalue weighted by molar-refractivity contribution is 5.92. The lowest BCUT2D eigenvalue weighted by atomic mass is 9.99. The van der Waals surface area contributed by atoms with Gasteiger partial charge in [-0.15, -0.1) is 0 Å². The van der Waals surface area contributed by atoms with E-state index in [4.69, 9.17) is 8.94 Å². The summed E-state index contributed by atoms with van der Waals surface area (Å²) in [4.78, 5) is 15.0. The fourth-order valence-electron chi connectivity index (χ4n) is 3.74. The Morgan fingerprint density at radius 1 is 1.21 bits per heavy atom. The molecule has 0 bridgehead atoms. The number of carbonyl (C=O) groups excluding carboxylic acids is 1. The number of carbonyl (C=O) groups is 1. The molecule has 146 valence electrons. The average molecular weight is 379 g/mol. The zero-order valence-corrected chi connectivity index (χ0v) is 16.1. The second kappa shape index (κ2) is 8.44. The molecule has 1 amide bonds. The molecule has 1 aliphatic rings. The fourth-order valence-corrected chi connectivity index (χ4v) is 3.74. The standard InChI is InChI=1S/C22H25N3O3/c1-16-6-4-10-25(14-16)15-18-8-3-2-7-17(18)13-23-22(26)19-12-21(28-24-19)20-9-5-11-27-20/h2-3,5,7-9,11-12,16H,4,6,10,13-15H2,1H3,(H,23,26). The van der Waals surface area contributed by atoms with E-state index in [1.807, 2.05) is 6.07 Å². The van der Waals surface area contributed by atoms with E-state index in [-0.39, 0.29) is 11.6 Å². The first kappa shape index (κ1) is 18.5. The monoisotopic (exact) mass is 379 g/mol. The van der Waals surface area contributed by atoms with Crippen molar-refractivity contribution in [1.29, 1.82) is 0 Å². The quantitative estimate of drug-likeness (QED) is 0.698. The second-order valence-corrected chi connectivity index (χ2v) is 7.49. The van der Waals surface area contributed by atoms with Crippen LogP contribution >= 0.6 is 0 Å². The van der Waals surface area contributed by atoms with Gasteiger partial charge in [-0.1, -0.05) is 36.3 Å². The van der Waals surface area contributed by atoms with Gasteiger partial charge in [0.05, 0.1) is 6.26 Å². The van der Waals surface area contributed by atoms with Crippen molar-refractivity contribution in [2.24, 2.45) is 5.92 Å². The summed E-state index contributed by atoms with van der Waals surface area (Å²) in [6.45, 7) is 5.96. The van der Waals surface area contributed by atoms with Crippen LogP contribution in [0.25, 0.3) is 11.5 Å². The Morgan fingerprint density at radius 2 is 2.07 bits per heavy atom. The summed E-state index contributed by atoms with van der Waals surface area (Å²) in [7, 11) is 0. The zero-order chi connectivity index (χ0) is 19.3. The lowest BCUT2D eigenvalue weighted by Gasteiger charge is -2.31. The van der Waals surface area contributed by atoms with Crippen LogP contribution in [-0.4, -0.2) is 29.1 Å². The lowest BCUT2D eigenvalue weighted by Crippen LogP contribution is -2.34. The molecule has 4 rings (SSSR count). The van der Waals surface area contributed by atoms with Gasteiger partial charge in [0.25, 0.3) is 5.91 Å². The maximum absolute atomic E-state index is 12.5. The third kappa shape index (κ3) is 4.34. The number of aromatic nitrogens is 1. The van der Waals surface area contributed by atoms with Gasteiger partial charge in [0.1, 0.15) is 0 Å². The largest absolute Gasteiger partial charge is 0.461 e. The van der Waals surface area contributed by atoms with E-state index in [2.05, 4.69) is 40.5 Å². The molecule has 1 aliphatic heterocycles. The van der Waals surface area contributed by atoms with Gasteiger partial charge in [-0.05, 0) is 48.6 Å². The highest BCUT2D eigenvalue weighted by Crippen LogP contribution is 2.21. The summed E-state index contributed by atoms with van der Waals surface area (Å²) in [5.74, 6) is 1.47. The van der Waals surface area contributed by atoms with Crippen molar-refractivity contribution in [1.82, 2.24) is 15.4 Å². The second-order valence-electron chi connectivity index (χ2n) is 7.49.